The monoisotopic (exact) mass is 480 g/mol. The van der Waals surface area contributed by atoms with Crippen molar-refractivity contribution in [2.45, 2.75) is 72.8 Å². The molecule has 0 spiro atoms. The first-order chi connectivity index (χ1) is 15.9. The number of rotatable bonds is 6. The highest BCUT2D eigenvalue weighted by molar-refractivity contribution is 7.99. The number of thioether (sulfide) groups is 1. The topological polar surface area (TPSA) is 52.6 Å². The van der Waals surface area contributed by atoms with Gasteiger partial charge < -0.3 is 9.47 Å². The van der Waals surface area contributed by atoms with Crippen molar-refractivity contribution >= 4 is 29.3 Å². The fraction of sp³-hybridized carbons (Fsp3) is 0.448. The normalized spacial score (nSPS) is 17.4. The third-order valence-corrected chi connectivity index (χ3v) is 7.35. The van der Waals surface area contributed by atoms with E-state index in [1.165, 1.54) is 10.5 Å². The minimum absolute atomic E-state index is 0.0837. The number of carbonyl (C=O) groups excluding carboxylic acids is 2. The van der Waals surface area contributed by atoms with E-state index in [4.69, 9.17) is 9.47 Å². The van der Waals surface area contributed by atoms with E-state index in [-0.39, 0.29) is 18.0 Å². The first-order valence-electron chi connectivity index (χ1n) is 11.8. The van der Waals surface area contributed by atoms with Crippen LogP contribution in [0.15, 0.2) is 47.1 Å². The van der Waals surface area contributed by atoms with Crippen molar-refractivity contribution in [3.8, 4) is 0 Å². The molecule has 182 valence electrons. The Morgan fingerprint density at radius 1 is 1.06 bits per heavy atom. The summed E-state index contributed by atoms with van der Waals surface area (Å²) in [6, 6.07) is 12.5. The van der Waals surface area contributed by atoms with Gasteiger partial charge in [-0.3, -0.25) is 4.79 Å². The summed E-state index contributed by atoms with van der Waals surface area (Å²) in [4.78, 5) is 27.4. The zero-order chi connectivity index (χ0) is 25.2. The van der Waals surface area contributed by atoms with Crippen molar-refractivity contribution in [2.75, 3.05) is 5.75 Å². The lowest BCUT2D eigenvalue weighted by atomic mass is 9.89. The number of cyclic esters (lactones) is 1. The van der Waals surface area contributed by atoms with Crippen LogP contribution in [0.4, 0.5) is 0 Å². The molecule has 1 aliphatic rings. The van der Waals surface area contributed by atoms with Gasteiger partial charge in [0, 0.05) is 23.0 Å². The Bertz CT molecular complexity index is 1080. The van der Waals surface area contributed by atoms with Crippen molar-refractivity contribution in [2.24, 2.45) is 11.3 Å². The van der Waals surface area contributed by atoms with Gasteiger partial charge in [0.15, 0.2) is 0 Å². The molecule has 5 heteroatoms. The molecule has 0 N–H and O–H groups in total. The predicted molar refractivity (Wildman–Crippen MR) is 139 cm³/mol. The number of benzene rings is 2. The minimum Gasteiger partial charge on any atom is -0.458 e. The third kappa shape index (κ3) is 6.12. The molecule has 34 heavy (non-hydrogen) atoms. The summed E-state index contributed by atoms with van der Waals surface area (Å²) in [5, 5.41) is 0. The molecule has 1 aliphatic heterocycles. The van der Waals surface area contributed by atoms with Crippen molar-refractivity contribution in [3.05, 3.63) is 70.0 Å². The minimum atomic E-state index is -0.681. The number of hydrogen-bond acceptors (Lipinski definition) is 5. The maximum Gasteiger partial charge on any atom is 0.342 e. The molecule has 0 bridgehead atoms. The maximum absolute atomic E-state index is 13.4. The van der Waals surface area contributed by atoms with Gasteiger partial charge in [0.05, 0.1) is 5.41 Å². The van der Waals surface area contributed by atoms with Crippen LogP contribution in [-0.4, -0.2) is 23.8 Å². The summed E-state index contributed by atoms with van der Waals surface area (Å²) in [5.41, 5.74) is 4.78. The second kappa shape index (κ2) is 10.4. The smallest absolute Gasteiger partial charge is 0.342 e. The van der Waals surface area contributed by atoms with Gasteiger partial charge in [-0.05, 0) is 77.3 Å². The maximum atomic E-state index is 13.4. The molecular weight excluding hydrogens is 444 g/mol. The predicted octanol–water partition coefficient (Wildman–Crippen LogP) is 6.96. The molecule has 0 amide bonds. The lowest BCUT2D eigenvalue weighted by Gasteiger charge is -2.32. The summed E-state index contributed by atoms with van der Waals surface area (Å²) >= 11 is 1.74. The average molecular weight is 481 g/mol. The summed E-state index contributed by atoms with van der Waals surface area (Å²) in [6.07, 6.45) is 0.0219. The fourth-order valence-corrected chi connectivity index (χ4v) is 5.10. The molecule has 2 aromatic carbocycles. The molecule has 2 atom stereocenters. The van der Waals surface area contributed by atoms with E-state index < -0.39 is 11.4 Å². The van der Waals surface area contributed by atoms with Crippen molar-refractivity contribution in [1.29, 1.82) is 0 Å². The molecule has 4 nitrogen and oxygen atoms in total. The van der Waals surface area contributed by atoms with Crippen LogP contribution in [0.25, 0.3) is 5.57 Å². The zero-order valence-electron chi connectivity index (χ0n) is 21.6. The molecule has 0 fully saturated rings. The van der Waals surface area contributed by atoms with E-state index in [2.05, 4.69) is 38.1 Å². The van der Waals surface area contributed by atoms with Crippen LogP contribution in [-0.2, 0) is 19.1 Å². The van der Waals surface area contributed by atoms with Gasteiger partial charge in [0.1, 0.15) is 17.4 Å². The standard InChI is InChI=1S/C29H36O4S/c1-17-9-11-22(12-10-17)34-16-21(5)23-15-24(33-28(31)29(6,7)8)26(27(30)32-23)25-19(3)13-18(2)14-20(25)4/h9-14,21,23H,15-16H2,1-8H3. The van der Waals surface area contributed by atoms with Gasteiger partial charge in [-0.1, -0.05) is 42.3 Å². The summed E-state index contributed by atoms with van der Waals surface area (Å²) < 4.78 is 11.9. The Hall–Kier alpha value is -2.53. The molecule has 0 aliphatic carbocycles. The van der Waals surface area contributed by atoms with Crippen molar-refractivity contribution in [1.82, 2.24) is 0 Å². The van der Waals surface area contributed by atoms with E-state index in [1.54, 1.807) is 11.8 Å². The highest BCUT2D eigenvalue weighted by atomic mass is 32.2. The van der Waals surface area contributed by atoms with Crippen LogP contribution < -0.4 is 0 Å². The molecule has 3 rings (SSSR count). The zero-order valence-corrected chi connectivity index (χ0v) is 22.4. The Morgan fingerprint density at radius 2 is 1.65 bits per heavy atom. The Kier molecular flexibility index (Phi) is 7.97. The fourth-order valence-electron chi connectivity index (χ4n) is 4.10. The number of ether oxygens (including phenoxy) is 2. The molecular formula is C29H36O4S. The molecule has 1 heterocycles. The molecule has 0 aromatic heterocycles. The van der Waals surface area contributed by atoms with Crippen LogP contribution in [0.5, 0.6) is 0 Å². The summed E-state index contributed by atoms with van der Waals surface area (Å²) in [7, 11) is 0. The van der Waals surface area contributed by atoms with E-state index in [0.717, 1.165) is 28.0 Å². The molecule has 2 aromatic rings. The van der Waals surface area contributed by atoms with Gasteiger partial charge in [0.2, 0.25) is 0 Å². The number of esters is 2. The van der Waals surface area contributed by atoms with Crippen LogP contribution >= 0.6 is 11.8 Å². The second-order valence-corrected chi connectivity index (χ2v) is 11.6. The summed E-state index contributed by atoms with van der Waals surface area (Å²) in [5.74, 6) is 0.524. The molecule has 0 saturated heterocycles. The van der Waals surface area contributed by atoms with Gasteiger partial charge in [0.25, 0.3) is 0 Å². The molecule has 0 saturated carbocycles. The molecule has 2 unspecified atom stereocenters. The lowest BCUT2D eigenvalue weighted by molar-refractivity contribution is -0.152. The van der Waals surface area contributed by atoms with E-state index in [9.17, 15) is 9.59 Å². The van der Waals surface area contributed by atoms with Gasteiger partial charge >= 0.3 is 11.9 Å². The van der Waals surface area contributed by atoms with E-state index in [1.807, 2.05) is 53.7 Å². The van der Waals surface area contributed by atoms with Gasteiger partial charge in [-0.2, -0.15) is 0 Å². The number of aryl methyl sites for hydroxylation is 4. The molecule has 0 radical (unpaired) electrons. The highest BCUT2D eigenvalue weighted by Crippen LogP contribution is 2.38. The summed E-state index contributed by atoms with van der Waals surface area (Å²) in [6.45, 7) is 15.6. The van der Waals surface area contributed by atoms with Gasteiger partial charge in [-0.25, -0.2) is 4.79 Å². The average Bonchev–Trinajstić information content (AvgIpc) is 2.73. The first-order valence-corrected chi connectivity index (χ1v) is 12.8. The quantitative estimate of drug-likeness (QED) is 0.330. The largest absolute Gasteiger partial charge is 0.458 e. The number of hydrogen-bond donors (Lipinski definition) is 0. The number of carbonyl (C=O) groups is 2. The van der Waals surface area contributed by atoms with Crippen molar-refractivity contribution in [3.63, 3.8) is 0 Å². The SMILES string of the molecule is Cc1ccc(SCC(C)C2CC(OC(=O)C(C)(C)C)=C(c3c(C)cc(C)cc3C)C(=O)O2)cc1. The van der Waals surface area contributed by atoms with Crippen LogP contribution in [0.3, 0.4) is 0 Å². The highest BCUT2D eigenvalue weighted by Gasteiger charge is 2.37. The Morgan fingerprint density at radius 3 is 2.21 bits per heavy atom. The van der Waals surface area contributed by atoms with Crippen molar-refractivity contribution < 1.29 is 19.1 Å². The van der Waals surface area contributed by atoms with Crippen LogP contribution in [0.1, 0.15) is 61.9 Å². The first kappa shape index (κ1) is 26.1. The Labute approximate surface area is 208 Å². The van der Waals surface area contributed by atoms with Crippen LogP contribution in [0, 0.1) is 39.0 Å². The van der Waals surface area contributed by atoms with Gasteiger partial charge in [-0.15, -0.1) is 11.8 Å². The van der Waals surface area contributed by atoms with E-state index in [0.29, 0.717) is 17.8 Å². The van der Waals surface area contributed by atoms with E-state index >= 15 is 0 Å². The Balaban J connectivity index is 1.92. The third-order valence-electron chi connectivity index (χ3n) is 6.05. The lowest BCUT2D eigenvalue weighted by Crippen LogP contribution is -2.34. The van der Waals surface area contributed by atoms with Crippen LogP contribution in [0.2, 0.25) is 0 Å². The second-order valence-electron chi connectivity index (χ2n) is 10.5.